The number of amides is 1. The number of carbonyl (C=O) groups excluding carboxylic acids is 1. The summed E-state index contributed by atoms with van der Waals surface area (Å²) < 4.78 is 0. The fraction of sp³-hybridized carbons (Fsp3) is 0.188. The van der Waals surface area contributed by atoms with Gasteiger partial charge in [-0.3, -0.25) is 9.69 Å². The van der Waals surface area contributed by atoms with Gasteiger partial charge >= 0.3 is 0 Å². The maximum atomic E-state index is 12.3. The number of rotatable bonds is 2. The molecule has 21 heavy (non-hydrogen) atoms. The molecule has 2 aromatic rings. The van der Waals surface area contributed by atoms with Crippen LogP contribution in [0.5, 0.6) is 0 Å². The third-order valence-corrected chi connectivity index (χ3v) is 5.17. The molecule has 3 rings (SSSR count). The van der Waals surface area contributed by atoms with Gasteiger partial charge in [0.1, 0.15) is 5.37 Å². The highest BCUT2D eigenvalue weighted by Crippen LogP contribution is 2.44. The monoisotopic (exact) mass is 337 g/mol. The second-order valence-electron chi connectivity index (χ2n) is 4.93. The van der Waals surface area contributed by atoms with Crippen LogP contribution in [-0.4, -0.2) is 11.7 Å². The van der Waals surface area contributed by atoms with Crippen molar-refractivity contribution in [2.45, 2.75) is 12.3 Å². The number of hydrogen-bond acceptors (Lipinski definition) is 2. The minimum atomic E-state index is -0.107. The topological polar surface area (TPSA) is 20.3 Å². The zero-order chi connectivity index (χ0) is 15.0. The molecule has 2 aromatic carbocycles. The lowest BCUT2D eigenvalue weighted by Crippen LogP contribution is -2.27. The number of halogens is 2. The predicted molar refractivity (Wildman–Crippen MR) is 90.3 cm³/mol. The lowest BCUT2D eigenvalue weighted by molar-refractivity contribution is -0.115. The van der Waals surface area contributed by atoms with E-state index in [1.165, 1.54) is 5.56 Å². The van der Waals surface area contributed by atoms with Gasteiger partial charge in [0.25, 0.3) is 0 Å². The Bertz CT molecular complexity index is 687. The molecule has 1 amide bonds. The van der Waals surface area contributed by atoms with Crippen LogP contribution in [0.15, 0.2) is 42.5 Å². The molecule has 0 bridgehead atoms. The third kappa shape index (κ3) is 2.91. The van der Waals surface area contributed by atoms with E-state index in [2.05, 4.69) is 0 Å². The van der Waals surface area contributed by atoms with Crippen molar-refractivity contribution in [3.63, 3.8) is 0 Å². The first-order valence-corrected chi connectivity index (χ1v) is 8.32. The second kappa shape index (κ2) is 5.91. The van der Waals surface area contributed by atoms with E-state index in [4.69, 9.17) is 23.2 Å². The van der Waals surface area contributed by atoms with Gasteiger partial charge in [-0.05, 0) is 31.2 Å². The number of carbonyl (C=O) groups is 1. The summed E-state index contributed by atoms with van der Waals surface area (Å²) in [5.74, 6) is 0.553. The van der Waals surface area contributed by atoms with Crippen molar-refractivity contribution >= 4 is 46.6 Å². The van der Waals surface area contributed by atoms with Crippen LogP contribution in [0, 0.1) is 6.92 Å². The Labute approximate surface area is 138 Å². The number of thioether (sulfide) groups is 1. The maximum Gasteiger partial charge on any atom is 0.238 e. The van der Waals surface area contributed by atoms with Crippen molar-refractivity contribution in [2.24, 2.45) is 0 Å². The second-order valence-corrected chi connectivity index (χ2v) is 6.84. The van der Waals surface area contributed by atoms with E-state index in [0.29, 0.717) is 15.8 Å². The predicted octanol–water partition coefficient (Wildman–Crippen LogP) is 5.08. The molecule has 108 valence electrons. The summed E-state index contributed by atoms with van der Waals surface area (Å²) in [7, 11) is 0. The van der Waals surface area contributed by atoms with Crippen LogP contribution < -0.4 is 4.90 Å². The lowest BCUT2D eigenvalue weighted by atomic mass is 10.1. The molecule has 0 aliphatic carbocycles. The van der Waals surface area contributed by atoms with E-state index >= 15 is 0 Å². The summed E-state index contributed by atoms with van der Waals surface area (Å²) in [4.78, 5) is 14.1. The quantitative estimate of drug-likeness (QED) is 0.761. The molecular formula is C16H13Cl2NOS. The Kier molecular flexibility index (Phi) is 4.16. The van der Waals surface area contributed by atoms with Crippen molar-refractivity contribution in [3.05, 3.63) is 63.6 Å². The molecule has 2 nitrogen and oxygen atoms in total. The number of hydrogen-bond donors (Lipinski definition) is 0. The smallest absolute Gasteiger partial charge is 0.238 e. The standard InChI is InChI=1S/C16H13Cl2NOS/c1-10-2-5-12(6-3-10)19-15(20)9-21-16(19)13-7-4-11(17)8-14(13)18/h2-8,16H,9H2,1H3/t16-/m0/s1. The highest BCUT2D eigenvalue weighted by molar-refractivity contribution is 8.00. The van der Waals surface area contributed by atoms with E-state index in [9.17, 15) is 4.79 Å². The molecule has 0 N–H and O–H groups in total. The Balaban J connectivity index is 2.01. The molecule has 1 aliphatic rings. The van der Waals surface area contributed by atoms with E-state index in [-0.39, 0.29) is 11.3 Å². The van der Waals surface area contributed by atoms with E-state index in [1.807, 2.05) is 37.3 Å². The van der Waals surface area contributed by atoms with Crippen molar-refractivity contribution < 1.29 is 4.79 Å². The van der Waals surface area contributed by atoms with E-state index < -0.39 is 0 Å². The van der Waals surface area contributed by atoms with Gasteiger partial charge < -0.3 is 0 Å². The highest BCUT2D eigenvalue weighted by atomic mass is 35.5. The van der Waals surface area contributed by atoms with Crippen molar-refractivity contribution in [1.29, 1.82) is 0 Å². The fourth-order valence-corrected chi connectivity index (χ4v) is 4.13. The first-order chi connectivity index (χ1) is 10.1. The molecule has 0 saturated carbocycles. The highest BCUT2D eigenvalue weighted by Gasteiger charge is 2.35. The normalized spacial score (nSPS) is 18.3. The Morgan fingerprint density at radius 3 is 2.52 bits per heavy atom. The SMILES string of the molecule is Cc1ccc(N2C(=O)CS[C@H]2c2ccc(Cl)cc2Cl)cc1. The van der Waals surface area contributed by atoms with Crippen LogP contribution in [0.4, 0.5) is 5.69 Å². The van der Waals surface area contributed by atoms with Gasteiger partial charge in [0.05, 0.1) is 5.75 Å². The van der Waals surface area contributed by atoms with E-state index in [0.717, 1.165) is 11.3 Å². The number of nitrogens with zero attached hydrogens (tertiary/aromatic N) is 1. The molecule has 1 aliphatic heterocycles. The molecule has 0 unspecified atom stereocenters. The molecule has 0 spiro atoms. The molecule has 0 aromatic heterocycles. The fourth-order valence-electron chi connectivity index (χ4n) is 2.34. The third-order valence-electron chi connectivity index (χ3n) is 3.41. The van der Waals surface area contributed by atoms with Crippen LogP contribution in [0.1, 0.15) is 16.5 Å². The van der Waals surface area contributed by atoms with Crippen molar-refractivity contribution in [1.82, 2.24) is 0 Å². The molecule has 1 fully saturated rings. The maximum absolute atomic E-state index is 12.3. The van der Waals surface area contributed by atoms with Crippen LogP contribution in [-0.2, 0) is 4.79 Å². The summed E-state index contributed by atoms with van der Waals surface area (Å²) in [6, 6.07) is 13.4. The molecular weight excluding hydrogens is 325 g/mol. The number of aryl methyl sites for hydroxylation is 1. The van der Waals surface area contributed by atoms with Gasteiger partial charge in [-0.2, -0.15) is 0 Å². The summed E-state index contributed by atoms with van der Waals surface area (Å²) in [6.07, 6.45) is 0. The van der Waals surface area contributed by atoms with E-state index in [1.54, 1.807) is 28.8 Å². The zero-order valence-electron chi connectivity index (χ0n) is 11.3. The summed E-state index contributed by atoms with van der Waals surface area (Å²) in [5, 5.41) is 1.08. The summed E-state index contributed by atoms with van der Waals surface area (Å²) in [5.41, 5.74) is 2.98. The molecule has 1 atom stereocenters. The minimum absolute atomic E-state index is 0.0971. The summed E-state index contributed by atoms with van der Waals surface area (Å²) in [6.45, 7) is 2.03. The Morgan fingerprint density at radius 1 is 1.14 bits per heavy atom. The zero-order valence-corrected chi connectivity index (χ0v) is 13.7. The lowest BCUT2D eigenvalue weighted by Gasteiger charge is -2.25. The van der Waals surface area contributed by atoms with Gasteiger partial charge in [-0.1, -0.05) is 47.0 Å². The average molecular weight is 338 g/mol. The first-order valence-electron chi connectivity index (χ1n) is 6.51. The van der Waals surface area contributed by atoms with Crippen LogP contribution in [0.3, 0.4) is 0 Å². The van der Waals surface area contributed by atoms with Crippen LogP contribution in [0.25, 0.3) is 0 Å². The minimum Gasteiger partial charge on any atom is -0.295 e. The number of anilines is 1. The summed E-state index contributed by atoms with van der Waals surface area (Å²) >= 11 is 13.8. The number of benzene rings is 2. The largest absolute Gasteiger partial charge is 0.295 e. The molecule has 1 saturated heterocycles. The molecule has 0 radical (unpaired) electrons. The van der Waals surface area contributed by atoms with Gasteiger partial charge in [-0.15, -0.1) is 11.8 Å². The Morgan fingerprint density at radius 2 is 1.86 bits per heavy atom. The van der Waals surface area contributed by atoms with Crippen molar-refractivity contribution in [2.75, 3.05) is 10.7 Å². The van der Waals surface area contributed by atoms with Gasteiger partial charge in [0.2, 0.25) is 5.91 Å². The van der Waals surface area contributed by atoms with Gasteiger partial charge in [-0.25, -0.2) is 0 Å². The van der Waals surface area contributed by atoms with Gasteiger partial charge in [0.15, 0.2) is 0 Å². The molecule has 5 heteroatoms. The molecule has 1 heterocycles. The van der Waals surface area contributed by atoms with Crippen LogP contribution in [0.2, 0.25) is 10.0 Å². The Hall–Kier alpha value is -1.16. The van der Waals surface area contributed by atoms with Crippen LogP contribution >= 0.6 is 35.0 Å². The first kappa shape index (κ1) is 14.8. The average Bonchev–Trinajstić information content (AvgIpc) is 2.82. The van der Waals surface area contributed by atoms with Gasteiger partial charge in [0, 0.05) is 21.3 Å². The van der Waals surface area contributed by atoms with Crippen molar-refractivity contribution in [3.8, 4) is 0 Å².